The third-order valence-electron chi connectivity index (χ3n) is 6.05. The number of aryl methyl sites for hydroxylation is 3. The van der Waals surface area contributed by atoms with Crippen LogP contribution in [0.25, 0.3) is 11.0 Å². The predicted octanol–water partition coefficient (Wildman–Crippen LogP) is 6.77. The van der Waals surface area contributed by atoms with Gasteiger partial charge >= 0.3 is 0 Å². The number of carbonyl (C=O) groups is 1. The summed E-state index contributed by atoms with van der Waals surface area (Å²) in [6.45, 7) is 7.67. The first-order chi connectivity index (χ1) is 16.4. The van der Waals surface area contributed by atoms with Crippen LogP contribution in [-0.2, 0) is 6.54 Å². The number of fused-ring (bicyclic) bond motifs is 1. The zero-order valence-electron chi connectivity index (χ0n) is 19.8. The van der Waals surface area contributed by atoms with Gasteiger partial charge in [-0.3, -0.25) is 4.79 Å². The highest BCUT2D eigenvalue weighted by Gasteiger charge is 2.19. The van der Waals surface area contributed by atoms with E-state index in [1.807, 2.05) is 55.5 Å². The molecular formula is C28H30BrN3O2. The number of imidazole rings is 1. The number of hydrogen-bond donors (Lipinski definition) is 1. The molecule has 4 aromatic rings. The molecule has 1 atom stereocenters. The van der Waals surface area contributed by atoms with E-state index >= 15 is 0 Å². The van der Waals surface area contributed by atoms with Crippen LogP contribution in [0.1, 0.15) is 53.1 Å². The first kappa shape index (κ1) is 24.0. The van der Waals surface area contributed by atoms with Crippen molar-refractivity contribution in [2.24, 2.45) is 0 Å². The molecule has 34 heavy (non-hydrogen) atoms. The number of benzene rings is 3. The lowest BCUT2D eigenvalue weighted by Crippen LogP contribution is -2.28. The van der Waals surface area contributed by atoms with Crippen LogP contribution < -0.4 is 10.1 Å². The Morgan fingerprint density at radius 3 is 2.56 bits per heavy atom. The molecule has 0 fully saturated rings. The van der Waals surface area contributed by atoms with Gasteiger partial charge in [0.05, 0.1) is 23.7 Å². The summed E-state index contributed by atoms with van der Waals surface area (Å²) in [6.07, 6.45) is 1.88. The van der Waals surface area contributed by atoms with Crippen LogP contribution in [0.4, 0.5) is 0 Å². The Morgan fingerprint density at radius 2 is 1.79 bits per heavy atom. The fourth-order valence-electron chi connectivity index (χ4n) is 3.97. The van der Waals surface area contributed by atoms with Gasteiger partial charge < -0.3 is 14.6 Å². The Labute approximate surface area is 209 Å². The number of rotatable bonds is 9. The summed E-state index contributed by atoms with van der Waals surface area (Å²) in [7, 11) is 0. The highest BCUT2D eigenvalue weighted by molar-refractivity contribution is 9.10. The van der Waals surface area contributed by atoms with Crippen molar-refractivity contribution in [3.63, 3.8) is 0 Å². The largest absolute Gasteiger partial charge is 0.494 e. The lowest BCUT2D eigenvalue weighted by Gasteiger charge is -2.17. The number of nitrogens with one attached hydrogen (secondary N) is 1. The van der Waals surface area contributed by atoms with Crippen molar-refractivity contribution in [1.29, 1.82) is 0 Å². The Kier molecular flexibility index (Phi) is 7.68. The number of amides is 1. The number of unbranched alkanes of at least 4 members (excludes halogenated alkanes) is 1. The van der Waals surface area contributed by atoms with Gasteiger partial charge in [-0.2, -0.15) is 0 Å². The quantitative estimate of drug-likeness (QED) is 0.248. The molecule has 1 aromatic heterocycles. The standard InChI is InChI=1S/C28H30BrN3O2/c1-19-10-15-24(18-20(19)2)34-17-7-6-16-32-26-9-5-4-8-25(26)31-27(32)21(3)30-28(33)22-11-13-23(29)14-12-22/h4-5,8-15,18,21H,6-7,16-17H2,1-3H3,(H,30,33). The Balaban J connectivity index is 1.41. The summed E-state index contributed by atoms with van der Waals surface area (Å²) >= 11 is 3.41. The molecule has 0 bridgehead atoms. The van der Waals surface area contributed by atoms with E-state index in [4.69, 9.17) is 9.72 Å². The number of hydrogen-bond acceptors (Lipinski definition) is 3. The third-order valence-corrected chi connectivity index (χ3v) is 6.58. The molecule has 0 aliphatic heterocycles. The molecule has 0 radical (unpaired) electrons. The fraction of sp³-hybridized carbons (Fsp3) is 0.286. The highest BCUT2D eigenvalue weighted by atomic mass is 79.9. The van der Waals surface area contributed by atoms with E-state index in [1.165, 1.54) is 11.1 Å². The summed E-state index contributed by atoms with van der Waals surface area (Å²) in [5.74, 6) is 1.67. The summed E-state index contributed by atoms with van der Waals surface area (Å²) in [5.41, 5.74) is 5.16. The zero-order valence-corrected chi connectivity index (χ0v) is 21.4. The number of para-hydroxylation sites is 2. The van der Waals surface area contributed by atoms with Crippen LogP contribution in [0.5, 0.6) is 5.75 Å². The van der Waals surface area contributed by atoms with Crippen molar-refractivity contribution in [3.8, 4) is 5.75 Å². The van der Waals surface area contributed by atoms with Crippen molar-refractivity contribution in [2.75, 3.05) is 6.61 Å². The Morgan fingerprint density at radius 1 is 1.03 bits per heavy atom. The number of carbonyl (C=O) groups excluding carboxylic acids is 1. The molecule has 0 saturated carbocycles. The lowest BCUT2D eigenvalue weighted by molar-refractivity contribution is 0.0937. The normalized spacial score (nSPS) is 12.0. The molecular weight excluding hydrogens is 490 g/mol. The van der Waals surface area contributed by atoms with E-state index in [0.29, 0.717) is 12.2 Å². The molecule has 6 heteroatoms. The second-order valence-corrected chi connectivity index (χ2v) is 9.53. The van der Waals surface area contributed by atoms with Crippen molar-refractivity contribution < 1.29 is 9.53 Å². The maximum Gasteiger partial charge on any atom is 0.251 e. The van der Waals surface area contributed by atoms with Crippen molar-refractivity contribution in [2.45, 2.75) is 46.2 Å². The average Bonchev–Trinajstić information content (AvgIpc) is 3.20. The minimum atomic E-state index is -0.227. The highest BCUT2D eigenvalue weighted by Crippen LogP contribution is 2.23. The molecule has 0 aliphatic carbocycles. The second-order valence-electron chi connectivity index (χ2n) is 8.61. The van der Waals surface area contributed by atoms with Crippen molar-refractivity contribution >= 4 is 32.9 Å². The van der Waals surface area contributed by atoms with Crippen LogP contribution >= 0.6 is 15.9 Å². The molecule has 176 valence electrons. The van der Waals surface area contributed by atoms with Gasteiger partial charge in [0.25, 0.3) is 5.91 Å². The molecule has 0 spiro atoms. The molecule has 1 unspecified atom stereocenters. The van der Waals surface area contributed by atoms with Gasteiger partial charge in [0.15, 0.2) is 0 Å². The van der Waals surface area contributed by atoms with E-state index in [1.54, 1.807) is 0 Å². The van der Waals surface area contributed by atoms with Crippen LogP contribution in [-0.4, -0.2) is 22.1 Å². The maximum absolute atomic E-state index is 12.8. The van der Waals surface area contributed by atoms with E-state index < -0.39 is 0 Å². The molecule has 1 heterocycles. The van der Waals surface area contributed by atoms with Crippen LogP contribution in [0.15, 0.2) is 71.2 Å². The van der Waals surface area contributed by atoms with Gasteiger partial charge in [0.2, 0.25) is 0 Å². The van der Waals surface area contributed by atoms with E-state index in [9.17, 15) is 4.79 Å². The first-order valence-electron chi connectivity index (χ1n) is 11.6. The van der Waals surface area contributed by atoms with Crippen molar-refractivity contribution in [1.82, 2.24) is 14.9 Å². The third kappa shape index (κ3) is 5.68. The smallest absolute Gasteiger partial charge is 0.251 e. The SMILES string of the molecule is Cc1ccc(OCCCCn2c(C(C)NC(=O)c3ccc(Br)cc3)nc3ccccc32)cc1C. The summed E-state index contributed by atoms with van der Waals surface area (Å²) in [5, 5.41) is 3.10. The molecule has 1 amide bonds. The van der Waals surface area contributed by atoms with E-state index in [2.05, 4.69) is 57.9 Å². The van der Waals surface area contributed by atoms with Gasteiger partial charge in [0.1, 0.15) is 11.6 Å². The second kappa shape index (κ2) is 10.9. The number of ether oxygens (including phenoxy) is 1. The van der Waals surface area contributed by atoms with Crippen LogP contribution in [0, 0.1) is 13.8 Å². The Bertz CT molecular complexity index is 1280. The van der Waals surface area contributed by atoms with Gasteiger partial charge in [-0.15, -0.1) is 0 Å². The van der Waals surface area contributed by atoms with Crippen LogP contribution in [0.3, 0.4) is 0 Å². The molecule has 4 rings (SSSR count). The molecule has 5 nitrogen and oxygen atoms in total. The van der Waals surface area contributed by atoms with Crippen molar-refractivity contribution in [3.05, 3.63) is 93.7 Å². The summed E-state index contributed by atoms with van der Waals surface area (Å²) in [6, 6.07) is 21.5. The topological polar surface area (TPSA) is 56.1 Å². The minimum Gasteiger partial charge on any atom is -0.494 e. The molecule has 0 saturated heterocycles. The number of nitrogens with zero attached hydrogens (tertiary/aromatic N) is 2. The number of aromatic nitrogens is 2. The van der Waals surface area contributed by atoms with Gasteiger partial charge in [-0.1, -0.05) is 34.1 Å². The fourth-order valence-corrected chi connectivity index (χ4v) is 4.24. The molecule has 0 aliphatic rings. The maximum atomic E-state index is 12.8. The summed E-state index contributed by atoms with van der Waals surface area (Å²) < 4.78 is 9.12. The lowest BCUT2D eigenvalue weighted by atomic mass is 10.1. The predicted molar refractivity (Wildman–Crippen MR) is 140 cm³/mol. The zero-order chi connectivity index (χ0) is 24.1. The number of halogens is 1. The molecule has 3 aromatic carbocycles. The van der Waals surface area contributed by atoms with Gasteiger partial charge in [0, 0.05) is 16.6 Å². The first-order valence-corrected chi connectivity index (χ1v) is 12.4. The Hall–Kier alpha value is -3.12. The average molecular weight is 520 g/mol. The monoisotopic (exact) mass is 519 g/mol. The van der Waals surface area contributed by atoms with E-state index in [-0.39, 0.29) is 11.9 Å². The van der Waals surface area contributed by atoms with E-state index in [0.717, 1.165) is 46.5 Å². The minimum absolute atomic E-state index is 0.111. The van der Waals surface area contributed by atoms with Gasteiger partial charge in [-0.05, 0) is 93.3 Å². The van der Waals surface area contributed by atoms with Crippen LogP contribution in [0.2, 0.25) is 0 Å². The summed E-state index contributed by atoms with van der Waals surface area (Å²) in [4.78, 5) is 17.6. The molecule has 1 N–H and O–H groups in total. The van der Waals surface area contributed by atoms with Gasteiger partial charge in [-0.25, -0.2) is 4.98 Å².